The molecular formula is C15H19FN2OS. The van der Waals surface area contributed by atoms with Gasteiger partial charge in [-0.25, -0.2) is 9.37 Å². The summed E-state index contributed by atoms with van der Waals surface area (Å²) in [5.41, 5.74) is 0.906. The van der Waals surface area contributed by atoms with Crippen LogP contribution in [0.1, 0.15) is 35.3 Å². The van der Waals surface area contributed by atoms with Crippen LogP contribution in [0.3, 0.4) is 0 Å². The Morgan fingerprint density at radius 2 is 2.25 bits per heavy atom. The van der Waals surface area contributed by atoms with Crippen molar-refractivity contribution >= 4 is 11.3 Å². The standard InChI is InChI=1S/C15H19FN2OS/c1-4-15-18-9-12(20-15)8-17-10(2)11-5-6-14(19-3)13(16)7-11/h5-7,9-10,17H,4,8H2,1-3H3. The molecule has 0 aliphatic carbocycles. The first-order valence-electron chi connectivity index (χ1n) is 6.64. The Bertz CT molecular complexity index is 571. The Kier molecular flexibility index (Phi) is 5.09. The van der Waals surface area contributed by atoms with Crippen molar-refractivity contribution in [2.24, 2.45) is 0 Å². The predicted molar refractivity (Wildman–Crippen MR) is 79.7 cm³/mol. The number of nitrogens with zero attached hydrogens (tertiary/aromatic N) is 1. The minimum absolute atomic E-state index is 0.0718. The number of thiazole rings is 1. The van der Waals surface area contributed by atoms with Crippen molar-refractivity contribution in [3.05, 3.63) is 45.7 Å². The zero-order valence-electron chi connectivity index (χ0n) is 11.9. The van der Waals surface area contributed by atoms with Crippen LogP contribution >= 0.6 is 11.3 Å². The molecule has 1 heterocycles. The van der Waals surface area contributed by atoms with Gasteiger partial charge < -0.3 is 10.1 Å². The number of aryl methyl sites for hydroxylation is 1. The van der Waals surface area contributed by atoms with Crippen LogP contribution in [0.25, 0.3) is 0 Å². The summed E-state index contributed by atoms with van der Waals surface area (Å²) in [6.45, 7) is 4.86. The van der Waals surface area contributed by atoms with E-state index in [1.54, 1.807) is 17.4 Å². The molecule has 0 saturated carbocycles. The molecule has 0 fully saturated rings. The molecule has 1 unspecified atom stereocenters. The summed E-state index contributed by atoms with van der Waals surface area (Å²) in [5, 5.41) is 4.52. The first-order valence-corrected chi connectivity index (χ1v) is 7.46. The van der Waals surface area contributed by atoms with E-state index in [-0.39, 0.29) is 17.6 Å². The average molecular weight is 294 g/mol. The van der Waals surface area contributed by atoms with E-state index in [4.69, 9.17) is 4.74 Å². The number of hydrogen-bond donors (Lipinski definition) is 1. The van der Waals surface area contributed by atoms with Gasteiger partial charge in [-0.3, -0.25) is 0 Å². The van der Waals surface area contributed by atoms with E-state index in [1.807, 2.05) is 19.2 Å². The van der Waals surface area contributed by atoms with Gasteiger partial charge in [-0.05, 0) is 31.0 Å². The summed E-state index contributed by atoms with van der Waals surface area (Å²) in [4.78, 5) is 5.52. The molecule has 3 nitrogen and oxygen atoms in total. The summed E-state index contributed by atoms with van der Waals surface area (Å²) in [6, 6.07) is 5.12. The molecule has 1 aromatic heterocycles. The zero-order valence-corrected chi connectivity index (χ0v) is 12.8. The second-order valence-corrected chi connectivity index (χ2v) is 5.77. The van der Waals surface area contributed by atoms with Gasteiger partial charge in [-0.15, -0.1) is 11.3 Å². The molecule has 2 rings (SSSR count). The quantitative estimate of drug-likeness (QED) is 0.882. The largest absolute Gasteiger partial charge is 0.494 e. The van der Waals surface area contributed by atoms with Crippen LogP contribution in [0, 0.1) is 5.82 Å². The zero-order chi connectivity index (χ0) is 14.5. The molecule has 0 bridgehead atoms. The number of hydrogen-bond acceptors (Lipinski definition) is 4. The summed E-state index contributed by atoms with van der Waals surface area (Å²) in [7, 11) is 1.47. The normalized spacial score (nSPS) is 12.4. The number of ether oxygens (including phenoxy) is 1. The first-order chi connectivity index (χ1) is 9.63. The minimum atomic E-state index is -0.329. The Morgan fingerprint density at radius 3 is 2.85 bits per heavy atom. The molecule has 1 N–H and O–H groups in total. The van der Waals surface area contributed by atoms with Crippen LogP contribution in [-0.2, 0) is 13.0 Å². The second kappa shape index (κ2) is 6.81. The molecule has 0 aliphatic rings. The van der Waals surface area contributed by atoms with Crippen molar-refractivity contribution in [3.63, 3.8) is 0 Å². The van der Waals surface area contributed by atoms with Gasteiger partial charge in [0.05, 0.1) is 12.1 Å². The molecule has 5 heteroatoms. The second-order valence-electron chi connectivity index (χ2n) is 4.57. The number of methoxy groups -OCH3 is 1. The maximum atomic E-state index is 13.7. The van der Waals surface area contributed by atoms with E-state index >= 15 is 0 Å². The fourth-order valence-corrected chi connectivity index (χ4v) is 2.73. The topological polar surface area (TPSA) is 34.2 Å². The SMILES string of the molecule is CCc1ncc(CNC(C)c2ccc(OC)c(F)c2)s1. The van der Waals surface area contributed by atoms with E-state index < -0.39 is 0 Å². The van der Waals surface area contributed by atoms with Crippen molar-refractivity contribution < 1.29 is 9.13 Å². The minimum Gasteiger partial charge on any atom is -0.494 e. The number of rotatable bonds is 6. The lowest BCUT2D eigenvalue weighted by Gasteiger charge is -2.14. The third-order valence-corrected chi connectivity index (χ3v) is 4.30. The summed E-state index contributed by atoms with van der Waals surface area (Å²) in [6.07, 6.45) is 2.86. The molecule has 0 amide bonds. The van der Waals surface area contributed by atoms with Gasteiger partial charge in [-0.1, -0.05) is 13.0 Å². The van der Waals surface area contributed by atoms with Crippen molar-refractivity contribution in [2.45, 2.75) is 32.9 Å². The molecule has 0 aliphatic heterocycles. The maximum Gasteiger partial charge on any atom is 0.165 e. The molecule has 1 aromatic carbocycles. The Labute approximate surface area is 122 Å². The van der Waals surface area contributed by atoms with Gasteiger partial charge in [0.1, 0.15) is 0 Å². The molecular weight excluding hydrogens is 275 g/mol. The summed E-state index contributed by atoms with van der Waals surface area (Å²) in [5.74, 6) is -0.0549. The van der Waals surface area contributed by atoms with Gasteiger partial charge >= 0.3 is 0 Å². The molecule has 1 atom stereocenters. The van der Waals surface area contributed by atoms with Crippen LogP contribution in [0.5, 0.6) is 5.75 Å². The van der Waals surface area contributed by atoms with Gasteiger partial charge in [0, 0.05) is 23.7 Å². The molecule has 2 aromatic rings. The highest BCUT2D eigenvalue weighted by Crippen LogP contribution is 2.22. The maximum absolute atomic E-state index is 13.7. The third kappa shape index (κ3) is 3.55. The molecule has 0 saturated heterocycles. The monoisotopic (exact) mass is 294 g/mol. The van der Waals surface area contributed by atoms with E-state index in [0.29, 0.717) is 0 Å². The van der Waals surface area contributed by atoms with Gasteiger partial charge in [-0.2, -0.15) is 0 Å². The predicted octanol–water partition coefficient (Wildman–Crippen LogP) is 3.70. The van der Waals surface area contributed by atoms with Crippen LogP contribution in [-0.4, -0.2) is 12.1 Å². The average Bonchev–Trinajstić information content (AvgIpc) is 2.92. The smallest absolute Gasteiger partial charge is 0.165 e. The molecule has 0 radical (unpaired) electrons. The highest BCUT2D eigenvalue weighted by molar-refractivity contribution is 7.11. The third-order valence-electron chi connectivity index (χ3n) is 3.16. The van der Waals surface area contributed by atoms with Crippen molar-refractivity contribution in [1.29, 1.82) is 0 Å². The van der Waals surface area contributed by atoms with Gasteiger partial charge in [0.25, 0.3) is 0 Å². The van der Waals surface area contributed by atoms with Gasteiger partial charge in [0.2, 0.25) is 0 Å². The summed E-state index contributed by atoms with van der Waals surface area (Å²) < 4.78 is 18.6. The summed E-state index contributed by atoms with van der Waals surface area (Å²) >= 11 is 1.71. The number of benzene rings is 1. The van der Waals surface area contributed by atoms with E-state index in [0.717, 1.165) is 23.5 Å². The number of nitrogens with one attached hydrogen (secondary N) is 1. The van der Waals surface area contributed by atoms with Crippen LogP contribution < -0.4 is 10.1 Å². The highest BCUT2D eigenvalue weighted by Gasteiger charge is 2.10. The molecule has 108 valence electrons. The Balaban J connectivity index is 1.97. The van der Waals surface area contributed by atoms with Crippen LogP contribution in [0.15, 0.2) is 24.4 Å². The van der Waals surface area contributed by atoms with Crippen molar-refractivity contribution in [3.8, 4) is 5.75 Å². The van der Waals surface area contributed by atoms with Crippen molar-refractivity contribution in [1.82, 2.24) is 10.3 Å². The lowest BCUT2D eigenvalue weighted by molar-refractivity contribution is 0.385. The molecule has 20 heavy (non-hydrogen) atoms. The van der Waals surface area contributed by atoms with E-state index in [9.17, 15) is 4.39 Å². The fraction of sp³-hybridized carbons (Fsp3) is 0.400. The van der Waals surface area contributed by atoms with Gasteiger partial charge in [0.15, 0.2) is 11.6 Å². The van der Waals surface area contributed by atoms with Crippen LogP contribution in [0.4, 0.5) is 4.39 Å². The Morgan fingerprint density at radius 1 is 1.45 bits per heavy atom. The van der Waals surface area contributed by atoms with Crippen molar-refractivity contribution in [2.75, 3.05) is 7.11 Å². The van der Waals surface area contributed by atoms with E-state index in [2.05, 4.69) is 17.2 Å². The Hall–Kier alpha value is -1.46. The first kappa shape index (κ1) is 14.9. The lowest BCUT2D eigenvalue weighted by Crippen LogP contribution is -2.17. The fourth-order valence-electron chi connectivity index (χ4n) is 1.92. The highest BCUT2D eigenvalue weighted by atomic mass is 32.1. The molecule has 0 spiro atoms. The number of aromatic nitrogens is 1. The lowest BCUT2D eigenvalue weighted by atomic mass is 10.1. The van der Waals surface area contributed by atoms with E-state index in [1.165, 1.54) is 18.1 Å². The van der Waals surface area contributed by atoms with Crippen LogP contribution in [0.2, 0.25) is 0 Å². The number of halogens is 1.